The van der Waals surface area contributed by atoms with Gasteiger partial charge in [0.2, 0.25) is 0 Å². The van der Waals surface area contributed by atoms with Crippen molar-refractivity contribution in [2.45, 2.75) is 24.9 Å². The van der Waals surface area contributed by atoms with E-state index in [9.17, 15) is 8.42 Å². The van der Waals surface area contributed by atoms with Gasteiger partial charge in [-0.25, -0.2) is 8.42 Å². The summed E-state index contributed by atoms with van der Waals surface area (Å²) >= 11 is 0. The number of aromatic nitrogens is 1. The zero-order valence-corrected chi connectivity index (χ0v) is 8.34. The fourth-order valence-electron chi connectivity index (χ4n) is 0.762. The number of hydrogen-bond donors (Lipinski definition) is 1. The Morgan fingerprint density at radius 3 is 2.62 bits per heavy atom. The van der Waals surface area contributed by atoms with Crippen LogP contribution in [0.1, 0.15) is 19.6 Å². The Morgan fingerprint density at radius 2 is 2.23 bits per heavy atom. The van der Waals surface area contributed by atoms with Gasteiger partial charge in [-0.15, -0.1) is 0 Å². The number of nitrogens with zero attached hydrogens (tertiary/aromatic N) is 1. The van der Waals surface area contributed by atoms with Gasteiger partial charge < -0.3 is 10.3 Å². The number of sulfone groups is 1. The molecule has 1 rings (SSSR count). The second-order valence-electron chi connectivity index (χ2n) is 3.07. The number of nitrogen functional groups attached to an aromatic ring is 1. The summed E-state index contributed by atoms with van der Waals surface area (Å²) < 4.78 is 27.5. The molecule has 0 saturated heterocycles. The molecule has 0 aliphatic carbocycles. The van der Waals surface area contributed by atoms with Crippen LogP contribution in [0.3, 0.4) is 0 Å². The maximum absolute atomic E-state index is 11.4. The van der Waals surface area contributed by atoms with Crippen LogP contribution in [-0.2, 0) is 15.6 Å². The zero-order valence-electron chi connectivity index (χ0n) is 7.52. The summed E-state index contributed by atoms with van der Waals surface area (Å²) in [5, 5.41) is 2.98. The molecule has 0 radical (unpaired) electrons. The van der Waals surface area contributed by atoms with Crippen LogP contribution in [0.4, 0.5) is 5.82 Å². The molecule has 0 aromatic carbocycles. The van der Waals surface area contributed by atoms with Crippen molar-refractivity contribution in [1.82, 2.24) is 5.16 Å². The van der Waals surface area contributed by atoms with E-state index in [1.807, 2.05) is 0 Å². The van der Waals surface area contributed by atoms with Gasteiger partial charge in [0.15, 0.2) is 21.4 Å². The standard InChI is InChI=1S/C7H12N2O3S/c1-5(2)13(10,11)4-6-3-7(8)9-12-6/h3,5H,4H2,1-2H3,(H2,8,9). The first-order valence-electron chi connectivity index (χ1n) is 3.84. The summed E-state index contributed by atoms with van der Waals surface area (Å²) in [7, 11) is -3.13. The van der Waals surface area contributed by atoms with Gasteiger partial charge in [0.25, 0.3) is 0 Å². The molecule has 1 heterocycles. The van der Waals surface area contributed by atoms with Crippen LogP contribution in [0.25, 0.3) is 0 Å². The van der Waals surface area contributed by atoms with Gasteiger partial charge in [0.1, 0.15) is 5.75 Å². The summed E-state index contributed by atoms with van der Waals surface area (Å²) in [5.74, 6) is 0.342. The minimum atomic E-state index is -3.13. The molecule has 1 aromatic heterocycles. The van der Waals surface area contributed by atoms with Gasteiger partial charge in [-0.1, -0.05) is 5.16 Å². The second kappa shape index (κ2) is 3.37. The van der Waals surface area contributed by atoms with Crippen molar-refractivity contribution < 1.29 is 12.9 Å². The van der Waals surface area contributed by atoms with Crippen molar-refractivity contribution in [2.75, 3.05) is 5.73 Å². The summed E-state index contributed by atoms with van der Waals surface area (Å²) in [4.78, 5) is 0. The van der Waals surface area contributed by atoms with Crippen molar-refractivity contribution >= 4 is 15.7 Å². The van der Waals surface area contributed by atoms with E-state index >= 15 is 0 Å². The van der Waals surface area contributed by atoms with Gasteiger partial charge in [-0.2, -0.15) is 0 Å². The Balaban J connectivity index is 2.81. The molecule has 0 amide bonds. The van der Waals surface area contributed by atoms with Gasteiger partial charge in [0.05, 0.1) is 5.25 Å². The predicted octanol–water partition coefficient (Wildman–Crippen LogP) is 0.580. The Labute approximate surface area is 76.8 Å². The fourth-order valence-corrected chi connectivity index (χ4v) is 1.63. The van der Waals surface area contributed by atoms with Crippen molar-refractivity contribution in [3.8, 4) is 0 Å². The molecule has 0 atom stereocenters. The largest absolute Gasteiger partial charge is 0.381 e. The van der Waals surface area contributed by atoms with Crippen LogP contribution < -0.4 is 5.73 Å². The topological polar surface area (TPSA) is 86.2 Å². The first-order valence-corrected chi connectivity index (χ1v) is 5.56. The highest BCUT2D eigenvalue weighted by molar-refractivity contribution is 7.91. The van der Waals surface area contributed by atoms with Crippen LogP contribution in [-0.4, -0.2) is 18.8 Å². The van der Waals surface area contributed by atoms with Crippen LogP contribution in [0.5, 0.6) is 0 Å². The third kappa shape index (κ3) is 2.45. The highest BCUT2D eigenvalue weighted by Gasteiger charge is 2.19. The lowest BCUT2D eigenvalue weighted by Crippen LogP contribution is -2.15. The fraction of sp³-hybridized carbons (Fsp3) is 0.571. The van der Waals surface area contributed by atoms with Gasteiger partial charge in [-0.3, -0.25) is 0 Å². The quantitative estimate of drug-likeness (QED) is 0.778. The van der Waals surface area contributed by atoms with Crippen molar-refractivity contribution in [3.63, 3.8) is 0 Å². The number of hydrogen-bond acceptors (Lipinski definition) is 5. The highest BCUT2D eigenvalue weighted by atomic mass is 32.2. The number of anilines is 1. The van der Waals surface area contributed by atoms with Crippen molar-refractivity contribution in [2.24, 2.45) is 0 Å². The van der Waals surface area contributed by atoms with Gasteiger partial charge in [0, 0.05) is 6.07 Å². The molecule has 0 spiro atoms. The average molecular weight is 204 g/mol. The Morgan fingerprint density at radius 1 is 1.62 bits per heavy atom. The number of rotatable bonds is 3. The average Bonchev–Trinajstić information content (AvgIpc) is 2.34. The maximum Gasteiger partial charge on any atom is 0.167 e. The summed E-state index contributed by atoms with van der Waals surface area (Å²) in [6, 6.07) is 1.42. The molecule has 0 saturated carbocycles. The van der Waals surface area contributed by atoms with E-state index in [2.05, 4.69) is 5.16 Å². The van der Waals surface area contributed by atoms with E-state index in [1.165, 1.54) is 6.07 Å². The highest BCUT2D eigenvalue weighted by Crippen LogP contribution is 2.12. The lowest BCUT2D eigenvalue weighted by molar-refractivity contribution is 0.395. The molecule has 0 fully saturated rings. The summed E-state index contributed by atoms with van der Waals surface area (Å²) in [6.45, 7) is 3.24. The lowest BCUT2D eigenvalue weighted by Gasteiger charge is -2.03. The minimum Gasteiger partial charge on any atom is -0.381 e. The van der Waals surface area contributed by atoms with E-state index in [1.54, 1.807) is 13.8 Å². The molecular weight excluding hydrogens is 192 g/mol. The Hall–Kier alpha value is -1.04. The molecule has 5 nitrogen and oxygen atoms in total. The van der Waals surface area contributed by atoms with Crippen molar-refractivity contribution in [3.05, 3.63) is 11.8 Å². The molecular formula is C7H12N2O3S. The first kappa shape index (κ1) is 10.0. The van der Waals surface area contributed by atoms with E-state index in [4.69, 9.17) is 10.3 Å². The van der Waals surface area contributed by atoms with Gasteiger partial charge in [-0.05, 0) is 13.8 Å². The molecule has 2 N–H and O–H groups in total. The van der Waals surface area contributed by atoms with E-state index in [-0.39, 0.29) is 17.3 Å². The van der Waals surface area contributed by atoms with Crippen molar-refractivity contribution in [1.29, 1.82) is 0 Å². The van der Waals surface area contributed by atoms with E-state index < -0.39 is 15.1 Å². The summed E-state index contributed by atoms with van der Waals surface area (Å²) in [6.07, 6.45) is 0. The molecule has 13 heavy (non-hydrogen) atoms. The first-order chi connectivity index (χ1) is 5.92. The van der Waals surface area contributed by atoms with Crippen LogP contribution >= 0.6 is 0 Å². The molecule has 0 bridgehead atoms. The van der Waals surface area contributed by atoms with E-state index in [0.717, 1.165) is 0 Å². The molecule has 0 unspecified atom stereocenters. The molecule has 74 valence electrons. The van der Waals surface area contributed by atoms with Crippen LogP contribution in [0, 0.1) is 0 Å². The predicted molar refractivity (Wildman–Crippen MR) is 48.7 cm³/mol. The third-order valence-electron chi connectivity index (χ3n) is 1.64. The SMILES string of the molecule is CC(C)S(=O)(=O)Cc1cc(N)no1. The molecule has 6 heteroatoms. The molecule has 1 aromatic rings. The normalized spacial score (nSPS) is 12.2. The van der Waals surface area contributed by atoms with Crippen LogP contribution in [0.15, 0.2) is 10.6 Å². The Kier molecular flexibility index (Phi) is 2.60. The van der Waals surface area contributed by atoms with E-state index in [0.29, 0.717) is 0 Å². The lowest BCUT2D eigenvalue weighted by atomic mass is 10.5. The summed E-state index contributed by atoms with van der Waals surface area (Å²) in [5.41, 5.74) is 5.27. The zero-order chi connectivity index (χ0) is 10.1. The monoisotopic (exact) mass is 204 g/mol. The molecule has 0 aliphatic heterocycles. The van der Waals surface area contributed by atoms with Gasteiger partial charge >= 0.3 is 0 Å². The third-order valence-corrected chi connectivity index (χ3v) is 3.76. The molecule has 0 aliphatic rings. The minimum absolute atomic E-state index is 0.144. The smallest absolute Gasteiger partial charge is 0.167 e. The maximum atomic E-state index is 11.4. The Bertz CT molecular complexity index is 380. The number of nitrogens with two attached hydrogens (primary N) is 1. The van der Waals surface area contributed by atoms with Crippen LogP contribution in [0.2, 0.25) is 0 Å². The second-order valence-corrected chi connectivity index (χ2v) is 5.63.